The number of hydrogen-bond acceptors (Lipinski definition) is 3. The van der Waals surface area contributed by atoms with Crippen molar-refractivity contribution in [1.29, 1.82) is 0 Å². The zero-order valence-corrected chi connectivity index (χ0v) is 10.9. The van der Waals surface area contributed by atoms with E-state index in [-0.39, 0.29) is 17.0 Å². The minimum Gasteiger partial charge on any atom is -0.334 e. The molecule has 1 aliphatic heterocycles. The summed E-state index contributed by atoms with van der Waals surface area (Å²) in [5.41, 5.74) is -0.772. The third-order valence-corrected chi connectivity index (χ3v) is 3.54. The topological polar surface area (TPSA) is 63.5 Å². The number of nitro benzene ring substituents is 1. The van der Waals surface area contributed by atoms with Gasteiger partial charge in [-0.05, 0) is 38.8 Å². The molecular weight excluding hydrogens is 251 g/mol. The van der Waals surface area contributed by atoms with Crippen molar-refractivity contribution in [3.8, 4) is 0 Å². The van der Waals surface area contributed by atoms with Crippen LogP contribution in [0.2, 0.25) is 0 Å². The Bertz CT molecular complexity index is 543. The third kappa shape index (κ3) is 2.43. The molecule has 0 N–H and O–H groups in total. The second-order valence-electron chi connectivity index (χ2n) is 5.30. The van der Waals surface area contributed by atoms with Gasteiger partial charge in [-0.15, -0.1) is 0 Å². The maximum absolute atomic E-state index is 13.2. The minimum absolute atomic E-state index is 0.156. The SMILES string of the molecule is CC1(C)CCCN1C(=O)c1ccc(F)c([N+](=O)[O-])c1. The number of hydrogen-bond donors (Lipinski definition) is 0. The van der Waals surface area contributed by atoms with Gasteiger partial charge in [0, 0.05) is 23.7 Å². The van der Waals surface area contributed by atoms with Crippen molar-refractivity contribution in [2.75, 3.05) is 6.54 Å². The number of rotatable bonds is 2. The molecule has 0 aromatic heterocycles. The number of amides is 1. The van der Waals surface area contributed by atoms with Crippen LogP contribution in [-0.4, -0.2) is 27.8 Å². The van der Waals surface area contributed by atoms with Crippen LogP contribution in [0.5, 0.6) is 0 Å². The Morgan fingerprint density at radius 1 is 1.47 bits per heavy atom. The summed E-state index contributed by atoms with van der Waals surface area (Å²) < 4.78 is 13.2. The molecule has 1 fully saturated rings. The molecule has 1 aromatic rings. The van der Waals surface area contributed by atoms with Crippen molar-refractivity contribution in [1.82, 2.24) is 4.90 Å². The first-order chi connectivity index (χ1) is 8.83. The van der Waals surface area contributed by atoms with Crippen LogP contribution < -0.4 is 0 Å². The Labute approximate surface area is 110 Å². The van der Waals surface area contributed by atoms with Crippen molar-refractivity contribution >= 4 is 11.6 Å². The van der Waals surface area contributed by atoms with Gasteiger partial charge in [0.1, 0.15) is 0 Å². The average molecular weight is 266 g/mol. The average Bonchev–Trinajstić information content (AvgIpc) is 2.68. The Balaban J connectivity index is 2.35. The molecule has 2 rings (SSSR count). The third-order valence-electron chi connectivity index (χ3n) is 3.54. The molecule has 0 aliphatic carbocycles. The fraction of sp³-hybridized carbons (Fsp3) is 0.462. The van der Waals surface area contributed by atoms with Crippen molar-refractivity contribution in [3.05, 3.63) is 39.7 Å². The minimum atomic E-state index is -0.928. The van der Waals surface area contributed by atoms with Gasteiger partial charge >= 0.3 is 5.69 Å². The van der Waals surface area contributed by atoms with Crippen LogP contribution >= 0.6 is 0 Å². The number of nitrogens with zero attached hydrogens (tertiary/aromatic N) is 2. The predicted octanol–water partition coefficient (Wildman–Crippen LogP) is 2.75. The summed E-state index contributed by atoms with van der Waals surface area (Å²) >= 11 is 0. The maximum atomic E-state index is 13.2. The van der Waals surface area contributed by atoms with Crippen molar-refractivity contribution in [3.63, 3.8) is 0 Å². The van der Waals surface area contributed by atoms with E-state index in [2.05, 4.69) is 0 Å². The van der Waals surface area contributed by atoms with E-state index >= 15 is 0 Å². The monoisotopic (exact) mass is 266 g/mol. The lowest BCUT2D eigenvalue weighted by molar-refractivity contribution is -0.387. The molecule has 1 aliphatic rings. The molecule has 0 saturated carbocycles. The van der Waals surface area contributed by atoms with Gasteiger partial charge in [-0.3, -0.25) is 14.9 Å². The summed E-state index contributed by atoms with van der Waals surface area (Å²) in [4.78, 5) is 23.9. The molecule has 0 atom stereocenters. The van der Waals surface area contributed by atoms with Gasteiger partial charge in [0.05, 0.1) is 4.92 Å². The van der Waals surface area contributed by atoms with Crippen LogP contribution in [0.3, 0.4) is 0 Å². The zero-order valence-electron chi connectivity index (χ0n) is 10.9. The zero-order chi connectivity index (χ0) is 14.2. The summed E-state index contributed by atoms with van der Waals surface area (Å²) in [6, 6.07) is 3.26. The summed E-state index contributed by atoms with van der Waals surface area (Å²) in [7, 11) is 0. The standard InChI is InChI=1S/C13H15FN2O3/c1-13(2)6-3-7-15(13)12(17)9-4-5-10(14)11(8-9)16(18)19/h4-5,8H,3,6-7H2,1-2H3. The van der Waals surface area contributed by atoms with Gasteiger partial charge in [0.2, 0.25) is 5.82 Å². The van der Waals surface area contributed by atoms with E-state index in [9.17, 15) is 19.3 Å². The lowest BCUT2D eigenvalue weighted by Crippen LogP contribution is -2.42. The molecule has 0 bridgehead atoms. The molecule has 19 heavy (non-hydrogen) atoms. The first-order valence-electron chi connectivity index (χ1n) is 6.09. The van der Waals surface area contributed by atoms with E-state index in [4.69, 9.17) is 0 Å². The molecule has 1 amide bonds. The fourth-order valence-electron chi connectivity index (χ4n) is 2.43. The highest BCUT2D eigenvalue weighted by Gasteiger charge is 2.36. The van der Waals surface area contributed by atoms with Crippen LogP contribution in [0.4, 0.5) is 10.1 Å². The molecule has 102 valence electrons. The van der Waals surface area contributed by atoms with E-state index in [1.165, 1.54) is 6.07 Å². The highest BCUT2D eigenvalue weighted by molar-refractivity contribution is 5.95. The van der Waals surface area contributed by atoms with Gasteiger partial charge in [0.15, 0.2) is 0 Å². The Morgan fingerprint density at radius 3 is 2.68 bits per heavy atom. The van der Waals surface area contributed by atoms with E-state index in [0.29, 0.717) is 6.54 Å². The van der Waals surface area contributed by atoms with Crippen LogP contribution in [0, 0.1) is 15.9 Å². The normalized spacial score (nSPS) is 17.5. The second kappa shape index (κ2) is 4.60. The lowest BCUT2D eigenvalue weighted by atomic mass is 10.0. The molecule has 1 saturated heterocycles. The Hall–Kier alpha value is -1.98. The van der Waals surface area contributed by atoms with Crippen LogP contribution in [-0.2, 0) is 0 Å². The van der Waals surface area contributed by atoms with Gasteiger partial charge in [-0.25, -0.2) is 0 Å². The molecule has 6 heteroatoms. The number of benzene rings is 1. The fourth-order valence-corrected chi connectivity index (χ4v) is 2.43. The molecular formula is C13H15FN2O3. The van der Waals surface area contributed by atoms with E-state index < -0.39 is 16.4 Å². The van der Waals surface area contributed by atoms with Crippen LogP contribution in [0.1, 0.15) is 37.0 Å². The molecule has 1 heterocycles. The lowest BCUT2D eigenvalue weighted by Gasteiger charge is -2.31. The van der Waals surface area contributed by atoms with E-state index in [0.717, 1.165) is 25.0 Å². The molecule has 0 spiro atoms. The van der Waals surface area contributed by atoms with Gasteiger partial charge in [0.25, 0.3) is 5.91 Å². The van der Waals surface area contributed by atoms with Crippen molar-refractivity contribution in [2.24, 2.45) is 0 Å². The summed E-state index contributed by atoms with van der Waals surface area (Å²) in [5.74, 6) is -1.21. The van der Waals surface area contributed by atoms with Crippen molar-refractivity contribution in [2.45, 2.75) is 32.2 Å². The number of nitro groups is 1. The highest BCUT2D eigenvalue weighted by Crippen LogP contribution is 2.30. The van der Waals surface area contributed by atoms with E-state index in [1.54, 1.807) is 4.90 Å². The summed E-state index contributed by atoms with van der Waals surface area (Å²) in [5, 5.41) is 10.7. The molecule has 0 unspecified atom stereocenters. The largest absolute Gasteiger partial charge is 0.334 e. The smallest absolute Gasteiger partial charge is 0.305 e. The summed E-state index contributed by atoms with van der Waals surface area (Å²) in [6.45, 7) is 4.53. The maximum Gasteiger partial charge on any atom is 0.305 e. The molecule has 5 nitrogen and oxygen atoms in total. The number of halogens is 1. The number of likely N-dealkylation sites (tertiary alicyclic amines) is 1. The van der Waals surface area contributed by atoms with Crippen LogP contribution in [0.15, 0.2) is 18.2 Å². The quantitative estimate of drug-likeness (QED) is 0.610. The first-order valence-corrected chi connectivity index (χ1v) is 6.09. The molecule has 0 radical (unpaired) electrons. The van der Waals surface area contributed by atoms with Crippen molar-refractivity contribution < 1.29 is 14.1 Å². The molecule has 1 aromatic carbocycles. The first kappa shape index (κ1) is 13.5. The van der Waals surface area contributed by atoms with Gasteiger partial charge in [-0.2, -0.15) is 4.39 Å². The van der Waals surface area contributed by atoms with Gasteiger partial charge in [-0.1, -0.05) is 0 Å². The predicted molar refractivity (Wildman–Crippen MR) is 67.4 cm³/mol. The second-order valence-corrected chi connectivity index (χ2v) is 5.30. The number of carbonyl (C=O) groups is 1. The Kier molecular flexibility index (Phi) is 3.26. The van der Waals surface area contributed by atoms with Crippen LogP contribution in [0.25, 0.3) is 0 Å². The Morgan fingerprint density at radius 2 is 2.16 bits per heavy atom. The van der Waals surface area contributed by atoms with E-state index in [1.807, 2.05) is 13.8 Å². The number of carbonyl (C=O) groups excluding carboxylic acids is 1. The highest BCUT2D eigenvalue weighted by atomic mass is 19.1. The van der Waals surface area contributed by atoms with Gasteiger partial charge < -0.3 is 4.90 Å². The summed E-state index contributed by atoms with van der Waals surface area (Å²) in [6.07, 6.45) is 1.80.